The number of halogens is 2. The van der Waals surface area contributed by atoms with Gasteiger partial charge in [-0.2, -0.15) is 0 Å². The Balaban J connectivity index is 0.00000196. The van der Waals surface area contributed by atoms with Gasteiger partial charge in [0.1, 0.15) is 5.75 Å². The van der Waals surface area contributed by atoms with E-state index in [0.717, 1.165) is 11.3 Å². The minimum absolute atomic E-state index is 0. The Hall–Kier alpha value is -2.16. The lowest BCUT2D eigenvalue weighted by molar-refractivity contribution is -0.137. The first kappa shape index (κ1) is 23.9. The molecule has 0 bridgehead atoms. The number of nitrogens with zero attached hydrogens (tertiary/aromatic N) is 3. The van der Waals surface area contributed by atoms with Gasteiger partial charge in [0, 0.05) is 25.0 Å². The topological polar surface area (TPSA) is 94.3 Å². The summed E-state index contributed by atoms with van der Waals surface area (Å²) in [7, 11) is 0. The van der Waals surface area contributed by atoms with Crippen LogP contribution in [0.15, 0.2) is 29.3 Å². The van der Waals surface area contributed by atoms with Crippen LogP contribution >= 0.6 is 34.5 Å². The highest BCUT2D eigenvalue weighted by atomic mass is 35.5. The van der Waals surface area contributed by atoms with E-state index in [4.69, 9.17) is 33.0 Å². The van der Waals surface area contributed by atoms with Crippen LogP contribution in [0.25, 0.3) is 10.2 Å². The number of thiazole rings is 1. The summed E-state index contributed by atoms with van der Waals surface area (Å²) in [6.07, 6.45) is 2.33. The fourth-order valence-electron chi connectivity index (χ4n) is 2.35. The van der Waals surface area contributed by atoms with Crippen molar-refractivity contribution < 1.29 is 14.6 Å². The summed E-state index contributed by atoms with van der Waals surface area (Å²) in [4.78, 5) is 30.9. The van der Waals surface area contributed by atoms with Gasteiger partial charge in [0.2, 0.25) is 0 Å². The second-order valence-electron chi connectivity index (χ2n) is 5.43. The van der Waals surface area contributed by atoms with E-state index in [0.29, 0.717) is 31.8 Å². The van der Waals surface area contributed by atoms with Crippen molar-refractivity contribution in [3.63, 3.8) is 0 Å². The van der Waals surface area contributed by atoms with Gasteiger partial charge in [0.05, 0.1) is 26.7 Å². The van der Waals surface area contributed by atoms with Crippen LogP contribution in [0.2, 0.25) is 10.0 Å². The number of hydrogen-bond acceptors (Lipinski definition) is 6. The van der Waals surface area contributed by atoms with Gasteiger partial charge in [-0.05, 0) is 13.0 Å². The Morgan fingerprint density at radius 3 is 2.54 bits per heavy atom. The van der Waals surface area contributed by atoms with E-state index < -0.39 is 12.1 Å². The molecule has 0 amide bonds. The number of carboxylic acids is 1. The number of fused-ring (bicyclic) bond motifs is 1. The highest BCUT2D eigenvalue weighted by Gasteiger charge is 2.16. The standard InChI is InChI=1S/C16H13Cl2N3O4S.2CH4/c1-8(15-19-6-9(17)7-20-15)25-12-5-13-11(4-10(12)18)21(16(24)26-13)3-2-14(22)23;;/h4-8H,2-3H2,1H3,(H,22,23);2*1H4/t8-;;/m0../s1. The van der Waals surface area contributed by atoms with Crippen molar-refractivity contribution in [2.24, 2.45) is 0 Å². The van der Waals surface area contributed by atoms with E-state index in [1.807, 2.05) is 0 Å². The van der Waals surface area contributed by atoms with Crippen molar-refractivity contribution in [2.75, 3.05) is 0 Å². The fraction of sp³-hybridized carbons (Fsp3) is 0.333. The number of carbonyl (C=O) groups is 1. The molecule has 2 heterocycles. The van der Waals surface area contributed by atoms with Crippen LogP contribution in [0.3, 0.4) is 0 Å². The molecule has 152 valence electrons. The molecule has 2 aromatic heterocycles. The largest absolute Gasteiger partial charge is 0.481 e. The molecule has 0 saturated carbocycles. The lowest BCUT2D eigenvalue weighted by atomic mass is 10.3. The monoisotopic (exact) mass is 445 g/mol. The summed E-state index contributed by atoms with van der Waals surface area (Å²) in [6.45, 7) is 1.85. The van der Waals surface area contributed by atoms with Gasteiger partial charge in [-0.1, -0.05) is 49.4 Å². The van der Waals surface area contributed by atoms with Crippen molar-refractivity contribution in [3.8, 4) is 5.75 Å². The lowest BCUT2D eigenvalue weighted by Gasteiger charge is -2.14. The molecule has 0 unspecified atom stereocenters. The molecule has 28 heavy (non-hydrogen) atoms. The molecule has 3 aromatic rings. The molecule has 3 rings (SSSR count). The quantitative estimate of drug-likeness (QED) is 0.570. The second-order valence-corrected chi connectivity index (χ2v) is 7.27. The molecule has 0 fully saturated rings. The average Bonchev–Trinajstić information content (AvgIpc) is 2.88. The number of aromatic nitrogens is 3. The SMILES string of the molecule is C.C.C[C@H](Oc1cc2sc(=O)n(CCC(=O)O)c2cc1Cl)c1ncc(Cl)cn1. The van der Waals surface area contributed by atoms with E-state index in [2.05, 4.69) is 9.97 Å². The Labute approximate surface area is 176 Å². The molecular weight excluding hydrogens is 425 g/mol. The summed E-state index contributed by atoms with van der Waals surface area (Å²) in [5.74, 6) is -0.145. The molecule has 7 nitrogen and oxygen atoms in total. The van der Waals surface area contributed by atoms with Crippen LogP contribution in [-0.2, 0) is 11.3 Å². The molecule has 0 spiro atoms. The van der Waals surface area contributed by atoms with Gasteiger partial charge in [-0.25, -0.2) is 9.97 Å². The van der Waals surface area contributed by atoms with E-state index in [-0.39, 0.29) is 32.7 Å². The first-order valence-corrected chi connectivity index (χ1v) is 9.11. The molecule has 1 N–H and O–H groups in total. The maximum absolute atomic E-state index is 12.1. The summed E-state index contributed by atoms with van der Waals surface area (Å²) < 4.78 is 7.88. The first-order valence-electron chi connectivity index (χ1n) is 7.54. The zero-order valence-electron chi connectivity index (χ0n) is 13.5. The van der Waals surface area contributed by atoms with E-state index in [1.165, 1.54) is 17.0 Å². The molecule has 0 aliphatic carbocycles. The van der Waals surface area contributed by atoms with Crippen LogP contribution in [0.5, 0.6) is 5.75 Å². The molecule has 0 saturated heterocycles. The zero-order valence-corrected chi connectivity index (χ0v) is 15.8. The third kappa shape index (κ3) is 5.21. The molecule has 0 aliphatic heterocycles. The van der Waals surface area contributed by atoms with Gasteiger partial charge >= 0.3 is 10.8 Å². The second kappa shape index (κ2) is 9.86. The van der Waals surface area contributed by atoms with E-state index in [9.17, 15) is 9.59 Å². The Morgan fingerprint density at radius 2 is 1.93 bits per heavy atom. The maximum Gasteiger partial charge on any atom is 0.308 e. The predicted molar refractivity (Wildman–Crippen MR) is 113 cm³/mol. The van der Waals surface area contributed by atoms with Crippen molar-refractivity contribution >= 4 is 50.7 Å². The zero-order chi connectivity index (χ0) is 18.8. The Kier molecular flexibility index (Phi) is 8.41. The van der Waals surface area contributed by atoms with Crippen LogP contribution < -0.4 is 9.61 Å². The van der Waals surface area contributed by atoms with Crippen LogP contribution in [0.4, 0.5) is 0 Å². The third-order valence-corrected chi connectivity index (χ3v) is 5.01. The smallest absolute Gasteiger partial charge is 0.308 e. The molecule has 10 heteroatoms. The summed E-state index contributed by atoms with van der Waals surface area (Å²) in [5.41, 5.74) is 0.578. The summed E-state index contributed by atoms with van der Waals surface area (Å²) >= 11 is 13.1. The lowest BCUT2D eigenvalue weighted by Crippen LogP contribution is -2.15. The predicted octanol–water partition coefficient (Wildman–Crippen LogP) is 5.05. The van der Waals surface area contributed by atoms with Crippen molar-refractivity contribution in [2.45, 2.75) is 40.8 Å². The van der Waals surface area contributed by atoms with Gasteiger partial charge in [-0.15, -0.1) is 0 Å². The molecule has 1 aromatic carbocycles. The first-order chi connectivity index (χ1) is 12.3. The minimum atomic E-state index is -0.973. The van der Waals surface area contributed by atoms with E-state index >= 15 is 0 Å². The number of aliphatic carboxylic acids is 1. The van der Waals surface area contributed by atoms with Crippen molar-refractivity contribution in [1.82, 2.24) is 14.5 Å². The van der Waals surface area contributed by atoms with Gasteiger partial charge in [-0.3, -0.25) is 14.2 Å². The van der Waals surface area contributed by atoms with Crippen LogP contribution in [0.1, 0.15) is 40.1 Å². The number of carboxylic acid groups (broad SMARTS) is 1. The van der Waals surface area contributed by atoms with Gasteiger partial charge in [0.15, 0.2) is 11.9 Å². The number of aryl methyl sites for hydroxylation is 1. The number of rotatable bonds is 6. The third-order valence-electron chi connectivity index (χ3n) is 3.58. The number of hydrogen-bond donors (Lipinski definition) is 1. The molecule has 0 aliphatic rings. The summed E-state index contributed by atoms with van der Waals surface area (Å²) in [6, 6.07) is 3.26. The fourth-order valence-corrected chi connectivity index (χ4v) is 3.58. The van der Waals surface area contributed by atoms with Gasteiger partial charge in [0.25, 0.3) is 0 Å². The van der Waals surface area contributed by atoms with E-state index in [1.54, 1.807) is 19.1 Å². The highest BCUT2D eigenvalue weighted by molar-refractivity contribution is 7.16. The maximum atomic E-state index is 12.1. The van der Waals surface area contributed by atoms with Crippen molar-refractivity contribution in [1.29, 1.82) is 0 Å². The number of ether oxygens (including phenoxy) is 1. The molecule has 0 radical (unpaired) electrons. The highest BCUT2D eigenvalue weighted by Crippen LogP contribution is 2.34. The summed E-state index contributed by atoms with van der Waals surface area (Å²) in [5, 5.41) is 9.55. The molecule has 1 atom stereocenters. The van der Waals surface area contributed by atoms with Crippen LogP contribution in [-0.4, -0.2) is 25.6 Å². The van der Waals surface area contributed by atoms with Crippen molar-refractivity contribution in [3.05, 3.63) is 50.1 Å². The average molecular weight is 446 g/mol. The van der Waals surface area contributed by atoms with Crippen LogP contribution in [0, 0.1) is 0 Å². The normalized spacial score (nSPS) is 11.4. The minimum Gasteiger partial charge on any atom is -0.481 e. The molecular formula is C18H21Cl2N3O4S. The van der Waals surface area contributed by atoms with Gasteiger partial charge < -0.3 is 9.84 Å². The Morgan fingerprint density at radius 1 is 1.29 bits per heavy atom. The Bertz CT molecular complexity index is 1020. The number of benzene rings is 1.